The number of rotatable bonds is 7. The Morgan fingerprint density at radius 3 is 2.74 bits per heavy atom. The zero-order valence-electron chi connectivity index (χ0n) is 10.1. The van der Waals surface area contributed by atoms with E-state index in [0.29, 0.717) is 16.5 Å². The van der Waals surface area contributed by atoms with Gasteiger partial charge in [-0.1, -0.05) is 23.7 Å². The molecule has 0 unspecified atom stereocenters. The number of hydrogen-bond donors (Lipinski definition) is 3. The molecule has 1 rings (SSSR count). The number of carbonyl (C=O) groups excluding carboxylic acids is 1. The maximum absolute atomic E-state index is 11.6. The summed E-state index contributed by atoms with van der Waals surface area (Å²) in [5, 5.41) is 11.8. The van der Waals surface area contributed by atoms with Crippen LogP contribution in [-0.4, -0.2) is 34.5 Å². The summed E-state index contributed by atoms with van der Waals surface area (Å²) in [5.74, 6) is -0.399. The zero-order valence-corrected chi connectivity index (χ0v) is 11.7. The highest BCUT2D eigenvalue weighted by molar-refractivity contribution is 7.99. The molecule has 7 heteroatoms. The smallest absolute Gasteiger partial charge is 0.321 e. The highest BCUT2D eigenvalue weighted by atomic mass is 35.5. The van der Waals surface area contributed by atoms with Crippen LogP contribution in [0.15, 0.2) is 24.3 Å². The van der Waals surface area contributed by atoms with Gasteiger partial charge in [-0.15, -0.1) is 0 Å². The number of thioether (sulfide) groups is 1. The molecule has 0 aromatic heterocycles. The Kier molecular flexibility index (Phi) is 6.69. The molecular weight excluding hydrogens is 288 g/mol. The van der Waals surface area contributed by atoms with Gasteiger partial charge in [0.05, 0.1) is 10.7 Å². The monoisotopic (exact) mass is 302 g/mol. The SMILES string of the molecule is N[C@H](CSCCC(=O)Nc1ccccc1Cl)C(=O)O. The normalized spacial score (nSPS) is 11.9. The van der Waals surface area contributed by atoms with Crippen molar-refractivity contribution in [2.45, 2.75) is 12.5 Å². The van der Waals surface area contributed by atoms with Gasteiger partial charge in [-0.2, -0.15) is 11.8 Å². The molecule has 5 nitrogen and oxygen atoms in total. The van der Waals surface area contributed by atoms with Gasteiger partial charge in [0.25, 0.3) is 0 Å². The number of amides is 1. The van der Waals surface area contributed by atoms with E-state index in [9.17, 15) is 9.59 Å². The summed E-state index contributed by atoms with van der Waals surface area (Å²) in [6.45, 7) is 0. The molecule has 0 saturated carbocycles. The van der Waals surface area contributed by atoms with Crippen LogP contribution in [0.25, 0.3) is 0 Å². The Morgan fingerprint density at radius 1 is 1.42 bits per heavy atom. The first-order valence-electron chi connectivity index (χ1n) is 5.61. The third-order valence-electron chi connectivity index (χ3n) is 2.24. The molecule has 0 aliphatic heterocycles. The molecule has 0 spiro atoms. The van der Waals surface area contributed by atoms with Crippen molar-refractivity contribution in [1.82, 2.24) is 0 Å². The highest BCUT2D eigenvalue weighted by Gasteiger charge is 2.11. The van der Waals surface area contributed by atoms with E-state index in [1.165, 1.54) is 11.8 Å². The molecule has 0 saturated heterocycles. The third-order valence-corrected chi connectivity index (χ3v) is 3.65. The number of hydrogen-bond acceptors (Lipinski definition) is 4. The Labute approximate surface area is 120 Å². The van der Waals surface area contributed by atoms with Crippen molar-refractivity contribution < 1.29 is 14.7 Å². The first-order valence-corrected chi connectivity index (χ1v) is 7.14. The third kappa shape index (κ3) is 5.96. The Balaban J connectivity index is 2.26. The van der Waals surface area contributed by atoms with E-state index in [0.717, 1.165) is 0 Å². The van der Waals surface area contributed by atoms with E-state index in [2.05, 4.69) is 5.32 Å². The van der Waals surface area contributed by atoms with Gasteiger partial charge in [0, 0.05) is 17.9 Å². The zero-order chi connectivity index (χ0) is 14.3. The molecular formula is C12H15ClN2O3S. The molecule has 19 heavy (non-hydrogen) atoms. The minimum atomic E-state index is -1.03. The maximum atomic E-state index is 11.6. The van der Waals surface area contributed by atoms with Crippen molar-refractivity contribution in [2.24, 2.45) is 5.73 Å². The van der Waals surface area contributed by atoms with E-state index in [1.54, 1.807) is 24.3 Å². The number of aliphatic carboxylic acids is 1. The fourth-order valence-electron chi connectivity index (χ4n) is 1.22. The largest absolute Gasteiger partial charge is 0.480 e. The van der Waals surface area contributed by atoms with Gasteiger partial charge in [-0.05, 0) is 12.1 Å². The summed E-state index contributed by atoms with van der Waals surface area (Å²) < 4.78 is 0. The highest BCUT2D eigenvalue weighted by Crippen LogP contribution is 2.20. The second-order valence-corrected chi connectivity index (χ2v) is 5.35. The topological polar surface area (TPSA) is 92.4 Å². The molecule has 0 radical (unpaired) electrons. The Morgan fingerprint density at radius 2 is 2.11 bits per heavy atom. The average Bonchev–Trinajstić information content (AvgIpc) is 2.37. The lowest BCUT2D eigenvalue weighted by molar-refractivity contribution is -0.137. The molecule has 4 N–H and O–H groups in total. The molecule has 1 aromatic rings. The Hall–Kier alpha value is -1.24. The van der Waals surface area contributed by atoms with Crippen molar-refractivity contribution in [3.63, 3.8) is 0 Å². The van der Waals surface area contributed by atoms with Crippen molar-refractivity contribution >= 4 is 40.9 Å². The molecule has 0 aliphatic carbocycles. The number of nitrogens with two attached hydrogens (primary N) is 1. The first-order chi connectivity index (χ1) is 9.00. The molecule has 1 amide bonds. The van der Waals surface area contributed by atoms with Crippen LogP contribution in [0.1, 0.15) is 6.42 Å². The second-order valence-electron chi connectivity index (χ2n) is 3.80. The number of nitrogens with one attached hydrogen (secondary N) is 1. The first kappa shape index (κ1) is 15.8. The van der Waals surface area contributed by atoms with Crippen molar-refractivity contribution in [2.75, 3.05) is 16.8 Å². The van der Waals surface area contributed by atoms with Gasteiger partial charge in [-0.3, -0.25) is 9.59 Å². The van der Waals surface area contributed by atoms with Crippen molar-refractivity contribution in [3.8, 4) is 0 Å². The Bertz CT molecular complexity index is 456. The van der Waals surface area contributed by atoms with Gasteiger partial charge >= 0.3 is 5.97 Å². The molecule has 0 aliphatic rings. The molecule has 1 atom stereocenters. The van der Waals surface area contributed by atoms with Crippen LogP contribution >= 0.6 is 23.4 Å². The molecule has 1 aromatic carbocycles. The van der Waals surface area contributed by atoms with Crippen LogP contribution in [-0.2, 0) is 9.59 Å². The van der Waals surface area contributed by atoms with E-state index in [1.807, 2.05) is 0 Å². The summed E-state index contributed by atoms with van der Waals surface area (Å²) in [4.78, 5) is 22.1. The van der Waals surface area contributed by atoms with Gasteiger partial charge in [0.2, 0.25) is 5.91 Å². The number of carboxylic acid groups (broad SMARTS) is 1. The second kappa shape index (κ2) is 8.04. The van der Waals surface area contributed by atoms with Gasteiger partial charge in [0.15, 0.2) is 0 Å². The maximum Gasteiger partial charge on any atom is 0.321 e. The van der Waals surface area contributed by atoms with Crippen molar-refractivity contribution in [1.29, 1.82) is 0 Å². The average molecular weight is 303 g/mol. The summed E-state index contributed by atoms with van der Waals surface area (Å²) in [6, 6.07) is 6.08. The number of anilines is 1. The molecule has 0 fully saturated rings. The fourth-order valence-corrected chi connectivity index (χ4v) is 2.30. The quantitative estimate of drug-likeness (QED) is 0.668. The van der Waals surface area contributed by atoms with Crippen LogP contribution in [0.5, 0.6) is 0 Å². The predicted octanol–water partition coefficient (Wildman–Crippen LogP) is 1.81. The number of carboxylic acids is 1. The predicted molar refractivity (Wildman–Crippen MR) is 77.6 cm³/mol. The van der Waals surface area contributed by atoms with E-state index < -0.39 is 12.0 Å². The summed E-state index contributed by atoms with van der Waals surface area (Å²) in [5.41, 5.74) is 5.91. The van der Waals surface area contributed by atoms with Crippen LogP contribution in [0.3, 0.4) is 0 Å². The summed E-state index contributed by atoms with van der Waals surface area (Å²) >= 11 is 7.24. The lowest BCUT2D eigenvalue weighted by atomic mass is 10.3. The van der Waals surface area contributed by atoms with E-state index >= 15 is 0 Å². The number of halogens is 1. The van der Waals surface area contributed by atoms with Crippen LogP contribution in [0.4, 0.5) is 5.69 Å². The van der Waals surface area contributed by atoms with E-state index in [-0.39, 0.29) is 18.1 Å². The van der Waals surface area contributed by atoms with Gasteiger partial charge in [-0.25, -0.2) is 0 Å². The number of para-hydroxylation sites is 1. The van der Waals surface area contributed by atoms with E-state index in [4.69, 9.17) is 22.4 Å². The van der Waals surface area contributed by atoms with Crippen molar-refractivity contribution in [3.05, 3.63) is 29.3 Å². The van der Waals surface area contributed by atoms with Gasteiger partial charge < -0.3 is 16.2 Å². The minimum absolute atomic E-state index is 0.163. The lowest BCUT2D eigenvalue weighted by Crippen LogP contribution is -2.32. The number of carbonyl (C=O) groups is 2. The van der Waals surface area contributed by atoms with Crippen LogP contribution < -0.4 is 11.1 Å². The summed E-state index contributed by atoms with van der Waals surface area (Å²) in [7, 11) is 0. The minimum Gasteiger partial charge on any atom is -0.480 e. The summed E-state index contributed by atoms with van der Waals surface area (Å²) in [6.07, 6.45) is 0.280. The standard InChI is InChI=1S/C12H15ClN2O3S/c13-8-3-1-2-4-10(8)15-11(16)5-6-19-7-9(14)12(17)18/h1-4,9H,5-7,14H2,(H,15,16)(H,17,18)/t9-/m1/s1. The fraction of sp³-hybridized carbons (Fsp3) is 0.333. The van der Waals surface area contributed by atoms with Gasteiger partial charge in [0.1, 0.15) is 6.04 Å². The van der Waals surface area contributed by atoms with Crippen LogP contribution in [0, 0.1) is 0 Å². The molecule has 0 heterocycles. The lowest BCUT2D eigenvalue weighted by Gasteiger charge is -2.08. The van der Waals surface area contributed by atoms with Crippen LogP contribution in [0.2, 0.25) is 5.02 Å². The molecule has 104 valence electrons. The molecule has 0 bridgehead atoms. The number of benzene rings is 1.